The van der Waals surface area contributed by atoms with Crippen LogP contribution in [0.15, 0.2) is 18.2 Å². The largest absolute Gasteiger partial charge is 0.392 e. The number of benzene rings is 1. The Morgan fingerprint density at radius 2 is 2.00 bits per heavy atom. The molecule has 18 heavy (non-hydrogen) atoms. The van der Waals surface area contributed by atoms with Crippen LogP contribution in [-0.4, -0.2) is 17.3 Å². The first kappa shape index (κ1) is 12.5. The molecule has 3 rings (SSSR count). The maximum atomic E-state index is 10.0. The minimum Gasteiger partial charge on any atom is -0.392 e. The molecule has 98 valence electrons. The number of aliphatic hydroxyl groups is 1. The highest BCUT2D eigenvalue weighted by Gasteiger charge is 2.29. The van der Waals surface area contributed by atoms with Crippen molar-refractivity contribution in [3.63, 3.8) is 0 Å². The second kappa shape index (κ2) is 5.20. The zero-order chi connectivity index (χ0) is 12.5. The lowest BCUT2D eigenvalue weighted by Gasteiger charge is -2.31. The van der Waals surface area contributed by atoms with E-state index in [9.17, 15) is 5.11 Å². The van der Waals surface area contributed by atoms with E-state index >= 15 is 0 Å². The summed E-state index contributed by atoms with van der Waals surface area (Å²) >= 11 is 6.03. The second-order valence-corrected chi connectivity index (χ2v) is 6.00. The summed E-state index contributed by atoms with van der Waals surface area (Å²) in [5.74, 6) is 0. The van der Waals surface area contributed by atoms with Gasteiger partial charge >= 0.3 is 0 Å². The average Bonchev–Trinajstić information content (AvgIpc) is 2.74. The van der Waals surface area contributed by atoms with Crippen LogP contribution in [0.1, 0.15) is 49.3 Å². The number of aryl methyl sites for hydroxylation is 1. The van der Waals surface area contributed by atoms with E-state index in [1.54, 1.807) is 0 Å². The predicted molar refractivity (Wildman–Crippen MR) is 73.9 cm³/mol. The molecule has 0 spiro atoms. The third kappa shape index (κ3) is 2.42. The fraction of sp³-hybridized carbons (Fsp3) is 0.600. The fourth-order valence-corrected chi connectivity index (χ4v) is 3.52. The van der Waals surface area contributed by atoms with E-state index in [2.05, 4.69) is 17.4 Å². The summed E-state index contributed by atoms with van der Waals surface area (Å²) in [6.45, 7) is 0. The van der Waals surface area contributed by atoms with Gasteiger partial charge in [0.15, 0.2) is 0 Å². The lowest BCUT2D eigenvalue weighted by molar-refractivity contribution is 0.0848. The smallest absolute Gasteiger partial charge is 0.0693 e. The summed E-state index contributed by atoms with van der Waals surface area (Å²) in [5.41, 5.74) is 2.74. The van der Waals surface area contributed by atoms with Gasteiger partial charge < -0.3 is 10.4 Å². The van der Waals surface area contributed by atoms with Crippen molar-refractivity contribution in [3.8, 4) is 0 Å². The molecule has 0 saturated heterocycles. The van der Waals surface area contributed by atoms with E-state index in [1.807, 2.05) is 6.07 Å². The monoisotopic (exact) mass is 265 g/mol. The number of hydrogen-bond acceptors (Lipinski definition) is 2. The molecule has 0 bridgehead atoms. The highest BCUT2D eigenvalue weighted by molar-refractivity contribution is 6.30. The minimum absolute atomic E-state index is 0.171. The van der Waals surface area contributed by atoms with Crippen LogP contribution in [0, 0.1) is 0 Å². The molecule has 0 amide bonds. The Balaban J connectivity index is 1.72. The van der Waals surface area contributed by atoms with Crippen molar-refractivity contribution in [2.45, 2.75) is 56.7 Å². The first-order valence-electron chi connectivity index (χ1n) is 6.96. The summed E-state index contributed by atoms with van der Waals surface area (Å²) in [4.78, 5) is 0. The number of halogens is 1. The van der Waals surface area contributed by atoms with Crippen LogP contribution >= 0.6 is 11.6 Å². The summed E-state index contributed by atoms with van der Waals surface area (Å²) in [6.07, 6.45) is 6.48. The molecule has 2 nitrogen and oxygen atoms in total. The van der Waals surface area contributed by atoms with Crippen molar-refractivity contribution >= 4 is 11.6 Å². The molecule has 1 aromatic rings. The van der Waals surface area contributed by atoms with Gasteiger partial charge in [-0.2, -0.15) is 0 Å². The molecule has 0 aromatic heterocycles. The predicted octanol–water partition coefficient (Wildman–Crippen LogP) is 3.22. The van der Waals surface area contributed by atoms with Crippen LogP contribution in [-0.2, 0) is 6.42 Å². The summed E-state index contributed by atoms with van der Waals surface area (Å²) in [6, 6.07) is 6.85. The molecule has 2 N–H and O–H groups in total. The standard InChI is InChI=1S/C15H20ClNO/c16-11-6-7-12-10(9-11)5-8-13(12)17-14-3-1-2-4-15(14)18/h6-7,9,13-15,17-18H,1-5,8H2. The van der Waals surface area contributed by atoms with Crippen molar-refractivity contribution in [1.29, 1.82) is 0 Å². The Hall–Kier alpha value is -0.570. The Morgan fingerprint density at radius 1 is 1.17 bits per heavy atom. The SMILES string of the molecule is OC1CCCCC1NC1CCc2cc(Cl)ccc21. The highest BCUT2D eigenvalue weighted by Crippen LogP contribution is 2.34. The van der Waals surface area contributed by atoms with E-state index in [0.717, 1.165) is 37.1 Å². The summed E-state index contributed by atoms with van der Waals surface area (Å²) in [5, 5.41) is 14.5. The van der Waals surface area contributed by atoms with Crippen LogP contribution < -0.4 is 5.32 Å². The van der Waals surface area contributed by atoms with Crippen molar-refractivity contribution < 1.29 is 5.11 Å². The van der Waals surface area contributed by atoms with Gasteiger partial charge in [-0.3, -0.25) is 0 Å². The lowest BCUT2D eigenvalue weighted by Crippen LogP contribution is -2.43. The zero-order valence-electron chi connectivity index (χ0n) is 10.5. The molecular weight excluding hydrogens is 246 g/mol. The number of nitrogens with one attached hydrogen (secondary N) is 1. The van der Waals surface area contributed by atoms with E-state index in [1.165, 1.54) is 17.5 Å². The fourth-order valence-electron chi connectivity index (χ4n) is 3.32. The van der Waals surface area contributed by atoms with Crippen LogP contribution in [0.25, 0.3) is 0 Å². The number of hydrogen-bond donors (Lipinski definition) is 2. The third-order valence-electron chi connectivity index (χ3n) is 4.33. The van der Waals surface area contributed by atoms with Crippen molar-refractivity contribution in [1.82, 2.24) is 5.32 Å². The van der Waals surface area contributed by atoms with Gasteiger partial charge in [0.25, 0.3) is 0 Å². The number of aliphatic hydroxyl groups excluding tert-OH is 1. The minimum atomic E-state index is -0.171. The Bertz CT molecular complexity index is 435. The highest BCUT2D eigenvalue weighted by atomic mass is 35.5. The normalized spacial score (nSPS) is 31.3. The van der Waals surface area contributed by atoms with E-state index in [4.69, 9.17) is 11.6 Å². The molecule has 0 heterocycles. The van der Waals surface area contributed by atoms with Gasteiger partial charge in [0.05, 0.1) is 6.10 Å². The maximum absolute atomic E-state index is 10.0. The van der Waals surface area contributed by atoms with Gasteiger partial charge in [-0.05, 0) is 48.9 Å². The Kier molecular flexibility index (Phi) is 3.60. The van der Waals surface area contributed by atoms with Crippen molar-refractivity contribution in [2.24, 2.45) is 0 Å². The molecule has 1 saturated carbocycles. The second-order valence-electron chi connectivity index (χ2n) is 5.56. The van der Waals surface area contributed by atoms with E-state index in [0.29, 0.717) is 6.04 Å². The van der Waals surface area contributed by atoms with Crippen LogP contribution in [0.4, 0.5) is 0 Å². The molecule has 1 aromatic carbocycles. The Morgan fingerprint density at radius 3 is 2.83 bits per heavy atom. The number of rotatable bonds is 2. The first-order chi connectivity index (χ1) is 8.74. The van der Waals surface area contributed by atoms with Gasteiger partial charge in [-0.25, -0.2) is 0 Å². The molecule has 3 atom stereocenters. The van der Waals surface area contributed by atoms with Crippen LogP contribution in [0.5, 0.6) is 0 Å². The average molecular weight is 266 g/mol. The van der Waals surface area contributed by atoms with Gasteiger partial charge in [0.1, 0.15) is 0 Å². The topological polar surface area (TPSA) is 32.3 Å². The van der Waals surface area contributed by atoms with E-state index < -0.39 is 0 Å². The van der Waals surface area contributed by atoms with Crippen LogP contribution in [0.2, 0.25) is 5.02 Å². The summed E-state index contributed by atoms with van der Waals surface area (Å²) in [7, 11) is 0. The van der Waals surface area contributed by atoms with Crippen LogP contribution in [0.3, 0.4) is 0 Å². The number of fused-ring (bicyclic) bond motifs is 1. The first-order valence-corrected chi connectivity index (χ1v) is 7.34. The van der Waals surface area contributed by atoms with E-state index in [-0.39, 0.29) is 12.1 Å². The van der Waals surface area contributed by atoms with Gasteiger partial charge in [-0.1, -0.05) is 30.5 Å². The summed E-state index contributed by atoms with van der Waals surface area (Å²) < 4.78 is 0. The zero-order valence-corrected chi connectivity index (χ0v) is 11.3. The molecule has 0 aliphatic heterocycles. The van der Waals surface area contributed by atoms with Gasteiger partial charge in [-0.15, -0.1) is 0 Å². The molecule has 2 aliphatic rings. The third-order valence-corrected chi connectivity index (χ3v) is 4.56. The molecule has 3 unspecified atom stereocenters. The molecule has 3 heteroatoms. The molecule has 0 radical (unpaired) electrons. The van der Waals surface area contributed by atoms with Gasteiger partial charge in [0.2, 0.25) is 0 Å². The molecular formula is C15H20ClNO. The quantitative estimate of drug-likeness (QED) is 0.861. The van der Waals surface area contributed by atoms with Crippen molar-refractivity contribution in [2.75, 3.05) is 0 Å². The van der Waals surface area contributed by atoms with Crippen molar-refractivity contribution in [3.05, 3.63) is 34.3 Å². The lowest BCUT2D eigenvalue weighted by atomic mass is 9.91. The molecule has 1 fully saturated rings. The Labute approximate surface area is 113 Å². The maximum Gasteiger partial charge on any atom is 0.0693 e. The molecule has 2 aliphatic carbocycles. The van der Waals surface area contributed by atoms with Gasteiger partial charge in [0, 0.05) is 17.1 Å².